The van der Waals surface area contributed by atoms with Crippen LogP contribution in [0.25, 0.3) is 0 Å². The van der Waals surface area contributed by atoms with E-state index < -0.39 is 37.1 Å². The molecule has 1 aliphatic heterocycles. The topological polar surface area (TPSA) is 122 Å². The highest BCUT2D eigenvalue weighted by atomic mass is 16.6. The van der Waals surface area contributed by atoms with Gasteiger partial charge in [-0.25, -0.2) is 0 Å². The van der Waals surface area contributed by atoms with E-state index >= 15 is 0 Å². The number of benzene rings is 1. The second kappa shape index (κ2) is 5.54. The van der Waals surface area contributed by atoms with E-state index in [1.54, 1.807) is 0 Å². The number of hydrogen-bond acceptors (Lipinski definition) is 7. The van der Waals surface area contributed by atoms with Gasteiger partial charge in [0.15, 0.2) is 6.23 Å². The van der Waals surface area contributed by atoms with Crippen molar-refractivity contribution in [2.45, 2.75) is 24.5 Å². The summed E-state index contributed by atoms with van der Waals surface area (Å²) in [6.07, 6.45) is -4.08. The number of rotatable bonds is 4. The Morgan fingerprint density at radius 1 is 1.26 bits per heavy atom. The first kappa shape index (κ1) is 13.8. The van der Waals surface area contributed by atoms with Crippen molar-refractivity contribution < 1.29 is 30.0 Å². The van der Waals surface area contributed by atoms with Gasteiger partial charge in [-0.15, -0.1) is 0 Å². The SMILES string of the molecule is O=C([O-])c1ccc(N[C@H]2O[C@@H](CO)[C@@H](O)[C@H]2O)cc1. The fourth-order valence-electron chi connectivity index (χ4n) is 1.89. The lowest BCUT2D eigenvalue weighted by Crippen LogP contribution is -2.36. The maximum atomic E-state index is 10.6. The largest absolute Gasteiger partial charge is 0.545 e. The predicted molar refractivity (Wildman–Crippen MR) is 62.2 cm³/mol. The van der Waals surface area contributed by atoms with E-state index in [2.05, 4.69) is 5.32 Å². The molecule has 2 rings (SSSR count). The van der Waals surface area contributed by atoms with Crippen LogP contribution in [0.4, 0.5) is 5.69 Å². The van der Waals surface area contributed by atoms with E-state index in [0.717, 1.165) is 0 Å². The zero-order valence-corrected chi connectivity index (χ0v) is 9.89. The molecule has 1 fully saturated rings. The number of nitrogens with one attached hydrogen (secondary N) is 1. The summed E-state index contributed by atoms with van der Waals surface area (Å²) in [6.45, 7) is -0.403. The molecule has 1 aliphatic rings. The molecule has 1 heterocycles. The first-order chi connectivity index (χ1) is 9.02. The number of carboxylic acids is 1. The molecule has 4 N–H and O–H groups in total. The minimum absolute atomic E-state index is 0.0340. The summed E-state index contributed by atoms with van der Waals surface area (Å²) >= 11 is 0. The summed E-state index contributed by atoms with van der Waals surface area (Å²) in [4.78, 5) is 10.6. The van der Waals surface area contributed by atoms with Gasteiger partial charge >= 0.3 is 0 Å². The summed E-state index contributed by atoms with van der Waals surface area (Å²) in [5, 5.41) is 41.6. The third-order valence-electron chi connectivity index (χ3n) is 2.97. The lowest BCUT2D eigenvalue weighted by molar-refractivity contribution is -0.255. The van der Waals surface area contributed by atoms with Crippen molar-refractivity contribution in [3.8, 4) is 0 Å². The van der Waals surface area contributed by atoms with Gasteiger partial charge in [-0.05, 0) is 17.7 Å². The fourth-order valence-corrected chi connectivity index (χ4v) is 1.89. The number of hydrogen-bond donors (Lipinski definition) is 4. The number of carbonyl (C=O) groups excluding carboxylic acids is 1. The minimum atomic E-state index is -1.28. The minimum Gasteiger partial charge on any atom is -0.545 e. The van der Waals surface area contributed by atoms with Crippen molar-refractivity contribution in [1.82, 2.24) is 0 Å². The Bertz CT molecular complexity index is 448. The van der Waals surface area contributed by atoms with Crippen LogP contribution in [0.2, 0.25) is 0 Å². The molecule has 19 heavy (non-hydrogen) atoms. The van der Waals surface area contributed by atoms with Crippen molar-refractivity contribution in [3.63, 3.8) is 0 Å². The van der Waals surface area contributed by atoms with Gasteiger partial charge in [0.1, 0.15) is 18.3 Å². The molecule has 4 atom stereocenters. The number of ether oxygens (including phenoxy) is 1. The van der Waals surface area contributed by atoms with Gasteiger partial charge in [0.25, 0.3) is 0 Å². The molecule has 0 saturated carbocycles. The monoisotopic (exact) mass is 268 g/mol. The summed E-state index contributed by atoms with van der Waals surface area (Å²) in [7, 11) is 0. The van der Waals surface area contributed by atoms with Crippen LogP contribution in [-0.2, 0) is 4.74 Å². The van der Waals surface area contributed by atoms with Gasteiger partial charge in [-0.2, -0.15) is 0 Å². The molecule has 0 radical (unpaired) electrons. The summed E-state index contributed by atoms with van der Waals surface area (Å²) in [6, 6.07) is 5.66. The number of carboxylic acid groups (broad SMARTS) is 1. The van der Waals surface area contributed by atoms with Crippen molar-refractivity contribution in [3.05, 3.63) is 29.8 Å². The first-order valence-corrected chi connectivity index (χ1v) is 5.73. The number of aromatic carboxylic acids is 1. The first-order valence-electron chi connectivity index (χ1n) is 5.73. The highest BCUT2D eigenvalue weighted by Gasteiger charge is 2.42. The molecule has 1 aromatic rings. The number of carbonyl (C=O) groups is 1. The third kappa shape index (κ3) is 2.85. The van der Waals surface area contributed by atoms with E-state index in [0.29, 0.717) is 5.69 Å². The van der Waals surface area contributed by atoms with Gasteiger partial charge in [0.2, 0.25) is 0 Å². The molecule has 0 bridgehead atoms. The Morgan fingerprint density at radius 2 is 1.89 bits per heavy atom. The fraction of sp³-hybridized carbons (Fsp3) is 0.417. The lowest BCUT2D eigenvalue weighted by Gasteiger charge is -2.18. The predicted octanol–water partition coefficient (Wildman–Crippen LogP) is -2.10. The molecule has 104 valence electrons. The quantitative estimate of drug-likeness (QED) is 0.493. The van der Waals surface area contributed by atoms with E-state index in [-0.39, 0.29) is 5.56 Å². The number of aliphatic hydroxyl groups is 3. The van der Waals surface area contributed by atoms with Gasteiger partial charge < -0.3 is 35.3 Å². The number of anilines is 1. The summed E-state index contributed by atoms with van der Waals surface area (Å²) < 4.78 is 5.23. The standard InChI is InChI=1S/C12H15NO6/c14-5-8-9(15)10(16)11(19-8)13-7-3-1-6(2-4-7)12(17)18/h1-4,8-11,13-16H,5H2,(H,17,18)/p-1/t8-,9+,10+,11-/m0/s1. The van der Waals surface area contributed by atoms with Crippen LogP contribution in [0.5, 0.6) is 0 Å². The Morgan fingerprint density at radius 3 is 2.37 bits per heavy atom. The summed E-state index contributed by atoms with van der Waals surface area (Å²) in [5.74, 6) is -1.28. The molecule has 0 aromatic heterocycles. The maximum Gasteiger partial charge on any atom is 0.157 e. The molecular formula is C12H14NO6-. The zero-order chi connectivity index (χ0) is 14.0. The van der Waals surface area contributed by atoms with Crippen LogP contribution in [0.1, 0.15) is 10.4 Å². The molecule has 7 nitrogen and oxygen atoms in total. The van der Waals surface area contributed by atoms with E-state index in [1.165, 1.54) is 24.3 Å². The molecule has 7 heteroatoms. The molecule has 1 aromatic carbocycles. The van der Waals surface area contributed by atoms with Crippen LogP contribution >= 0.6 is 0 Å². The Hall–Kier alpha value is -1.67. The van der Waals surface area contributed by atoms with E-state index in [1.807, 2.05) is 0 Å². The van der Waals surface area contributed by atoms with Crippen molar-refractivity contribution in [2.75, 3.05) is 11.9 Å². The van der Waals surface area contributed by atoms with Crippen LogP contribution < -0.4 is 10.4 Å². The highest BCUT2D eigenvalue weighted by Crippen LogP contribution is 2.23. The van der Waals surface area contributed by atoms with Crippen molar-refractivity contribution in [2.24, 2.45) is 0 Å². The molecule has 1 saturated heterocycles. The maximum absolute atomic E-state index is 10.6. The van der Waals surface area contributed by atoms with Gasteiger partial charge in [0.05, 0.1) is 12.6 Å². The van der Waals surface area contributed by atoms with Crippen LogP contribution in [0, 0.1) is 0 Å². The highest BCUT2D eigenvalue weighted by molar-refractivity contribution is 5.86. The van der Waals surface area contributed by atoms with Crippen LogP contribution in [0.3, 0.4) is 0 Å². The Labute approximate surface area is 109 Å². The molecule has 0 amide bonds. The van der Waals surface area contributed by atoms with Crippen LogP contribution in [0.15, 0.2) is 24.3 Å². The third-order valence-corrected chi connectivity index (χ3v) is 2.97. The van der Waals surface area contributed by atoms with E-state index in [9.17, 15) is 20.1 Å². The zero-order valence-electron chi connectivity index (χ0n) is 9.89. The molecule has 0 spiro atoms. The Balaban J connectivity index is 2.03. The Kier molecular flexibility index (Phi) is 4.01. The van der Waals surface area contributed by atoms with E-state index in [4.69, 9.17) is 9.84 Å². The van der Waals surface area contributed by atoms with Crippen LogP contribution in [-0.4, -0.2) is 52.4 Å². The van der Waals surface area contributed by atoms with Crippen molar-refractivity contribution in [1.29, 1.82) is 0 Å². The second-order valence-corrected chi connectivity index (χ2v) is 4.27. The smallest absolute Gasteiger partial charge is 0.157 e. The normalized spacial score (nSPS) is 30.3. The van der Waals surface area contributed by atoms with Gasteiger partial charge in [0, 0.05) is 5.69 Å². The van der Waals surface area contributed by atoms with Gasteiger partial charge in [-0.1, -0.05) is 12.1 Å². The second-order valence-electron chi connectivity index (χ2n) is 4.27. The van der Waals surface area contributed by atoms with Gasteiger partial charge in [-0.3, -0.25) is 0 Å². The number of aliphatic hydroxyl groups excluding tert-OH is 3. The average molecular weight is 268 g/mol. The lowest BCUT2D eigenvalue weighted by atomic mass is 10.1. The average Bonchev–Trinajstić information content (AvgIpc) is 2.67. The molecule has 0 unspecified atom stereocenters. The summed E-state index contributed by atoms with van der Waals surface area (Å²) in [5.41, 5.74) is 0.548. The molecular weight excluding hydrogens is 254 g/mol. The van der Waals surface area contributed by atoms with Crippen molar-refractivity contribution >= 4 is 11.7 Å². The molecule has 0 aliphatic carbocycles.